The predicted molar refractivity (Wildman–Crippen MR) is 108 cm³/mol. The Morgan fingerprint density at radius 2 is 2.10 bits per heavy atom. The molecule has 2 aliphatic rings. The molecule has 152 valence electrons. The van der Waals surface area contributed by atoms with E-state index >= 15 is 0 Å². The Morgan fingerprint density at radius 1 is 1.31 bits per heavy atom. The van der Waals surface area contributed by atoms with E-state index in [1.165, 1.54) is 21.1 Å². The van der Waals surface area contributed by atoms with Crippen LogP contribution in [0.25, 0.3) is 0 Å². The van der Waals surface area contributed by atoms with Crippen LogP contribution in [0.5, 0.6) is 5.75 Å². The fourth-order valence-electron chi connectivity index (χ4n) is 3.54. The minimum atomic E-state index is -0.687. The molecule has 1 aliphatic heterocycles. The number of hydrogen-bond donors (Lipinski definition) is 2. The van der Waals surface area contributed by atoms with Crippen LogP contribution in [0.3, 0.4) is 0 Å². The van der Waals surface area contributed by atoms with Crippen LogP contribution in [0.4, 0.5) is 9.93 Å². The van der Waals surface area contributed by atoms with Crippen LogP contribution in [0, 0.1) is 0 Å². The van der Waals surface area contributed by atoms with Gasteiger partial charge in [0, 0.05) is 11.3 Å². The van der Waals surface area contributed by atoms with Gasteiger partial charge < -0.3 is 15.4 Å². The van der Waals surface area contributed by atoms with Crippen molar-refractivity contribution >= 4 is 34.3 Å². The molecule has 0 unspecified atom stereocenters. The maximum absolute atomic E-state index is 12.6. The van der Waals surface area contributed by atoms with Gasteiger partial charge in [0.05, 0.1) is 19.3 Å². The molecule has 0 bridgehead atoms. The summed E-state index contributed by atoms with van der Waals surface area (Å²) >= 11 is 1.52. The number of hydrogen-bond acceptors (Lipinski definition) is 6. The average Bonchev–Trinajstić information content (AvgIpc) is 3.37. The van der Waals surface area contributed by atoms with Crippen LogP contribution >= 0.6 is 11.3 Å². The molecule has 1 fully saturated rings. The van der Waals surface area contributed by atoms with Crippen molar-refractivity contribution in [2.45, 2.75) is 44.7 Å². The minimum absolute atomic E-state index is 0.136. The maximum atomic E-state index is 12.6. The summed E-state index contributed by atoms with van der Waals surface area (Å²) in [6, 6.07) is 6.06. The van der Waals surface area contributed by atoms with Crippen molar-refractivity contribution in [3.05, 3.63) is 40.4 Å². The number of ether oxygens (including phenoxy) is 1. The van der Waals surface area contributed by atoms with E-state index in [0.717, 1.165) is 30.5 Å². The summed E-state index contributed by atoms with van der Waals surface area (Å²) in [5.74, 6) is 0.195. The van der Waals surface area contributed by atoms with Gasteiger partial charge in [-0.3, -0.25) is 14.5 Å². The van der Waals surface area contributed by atoms with Crippen LogP contribution in [-0.4, -0.2) is 40.9 Å². The molecule has 1 aromatic carbocycles. The van der Waals surface area contributed by atoms with E-state index in [1.807, 2.05) is 12.1 Å². The molecule has 2 aromatic rings. The number of amides is 4. The molecule has 0 saturated carbocycles. The van der Waals surface area contributed by atoms with Gasteiger partial charge in [-0.05, 0) is 43.4 Å². The Morgan fingerprint density at radius 3 is 2.83 bits per heavy atom. The predicted octanol–water partition coefficient (Wildman–Crippen LogP) is 2.48. The second-order valence-electron chi connectivity index (χ2n) is 7.10. The van der Waals surface area contributed by atoms with Crippen LogP contribution in [0.15, 0.2) is 24.3 Å². The average molecular weight is 414 g/mol. The fourth-order valence-corrected chi connectivity index (χ4v) is 4.60. The first kappa shape index (κ1) is 19.4. The van der Waals surface area contributed by atoms with E-state index in [1.54, 1.807) is 19.2 Å². The molecule has 0 radical (unpaired) electrons. The molecule has 0 spiro atoms. The first-order valence-electron chi connectivity index (χ1n) is 9.56. The zero-order chi connectivity index (χ0) is 20.4. The number of nitrogens with zero attached hydrogens (tertiary/aromatic N) is 2. The number of fused-ring (bicyclic) bond motifs is 1. The Balaban J connectivity index is 1.29. The summed E-state index contributed by atoms with van der Waals surface area (Å²) in [4.78, 5) is 43.9. The monoisotopic (exact) mass is 414 g/mol. The van der Waals surface area contributed by atoms with Gasteiger partial charge in [-0.1, -0.05) is 12.1 Å². The van der Waals surface area contributed by atoms with Crippen molar-refractivity contribution in [3.8, 4) is 5.75 Å². The number of nitrogens with one attached hydrogen (secondary N) is 2. The topological polar surface area (TPSA) is 101 Å². The molecule has 2 N–H and O–H groups in total. The van der Waals surface area contributed by atoms with E-state index in [2.05, 4.69) is 15.6 Å². The molecule has 4 rings (SSSR count). The summed E-state index contributed by atoms with van der Waals surface area (Å²) in [6.45, 7) is 0.183. The lowest BCUT2D eigenvalue weighted by Crippen LogP contribution is -2.31. The number of aryl methyl sites for hydroxylation is 2. The van der Waals surface area contributed by atoms with Gasteiger partial charge in [-0.2, -0.15) is 0 Å². The van der Waals surface area contributed by atoms with Crippen molar-refractivity contribution in [1.82, 2.24) is 15.2 Å². The first-order chi connectivity index (χ1) is 14.0. The Kier molecular flexibility index (Phi) is 5.48. The van der Waals surface area contributed by atoms with Gasteiger partial charge in [0.2, 0.25) is 5.91 Å². The molecule has 1 aliphatic carbocycles. The number of methoxy groups -OCH3 is 1. The van der Waals surface area contributed by atoms with Crippen molar-refractivity contribution in [3.63, 3.8) is 0 Å². The largest absolute Gasteiger partial charge is 0.497 e. The number of benzene rings is 1. The van der Waals surface area contributed by atoms with Gasteiger partial charge in [0.1, 0.15) is 11.8 Å². The summed E-state index contributed by atoms with van der Waals surface area (Å²) in [6.07, 6.45) is 3.50. The third-order valence-corrected chi connectivity index (χ3v) is 6.18. The first-order valence-corrected chi connectivity index (χ1v) is 10.4. The Bertz CT molecular complexity index is 919. The lowest BCUT2D eigenvalue weighted by molar-refractivity contribution is -0.128. The van der Waals surface area contributed by atoms with Gasteiger partial charge in [-0.15, -0.1) is 11.3 Å². The Hall–Kier alpha value is -2.94. The quantitative estimate of drug-likeness (QED) is 0.678. The number of anilines is 1. The van der Waals surface area contributed by atoms with Gasteiger partial charge >= 0.3 is 6.03 Å². The van der Waals surface area contributed by atoms with Gasteiger partial charge in [0.25, 0.3) is 5.91 Å². The molecule has 2 heterocycles. The Labute approximate surface area is 172 Å². The fraction of sp³-hybridized carbons (Fsp3) is 0.400. The molecule has 1 aromatic heterocycles. The van der Waals surface area contributed by atoms with Crippen molar-refractivity contribution < 1.29 is 19.1 Å². The zero-order valence-electron chi connectivity index (χ0n) is 16.1. The van der Waals surface area contributed by atoms with Crippen LogP contribution in [-0.2, 0) is 29.0 Å². The second kappa shape index (κ2) is 8.20. The van der Waals surface area contributed by atoms with E-state index in [4.69, 9.17) is 4.74 Å². The summed E-state index contributed by atoms with van der Waals surface area (Å²) in [5, 5.41) is 6.08. The summed E-state index contributed by atoms with van der Waals surface area (Å²) in [7, 11) is 1.58. The SMILES string of the molecule is COc1ccc(CN2C(=O)N[C@@H](CCC(=O)Nc3nc4c(s3)CCC4)C2=O)cc1. The third kappa shape index (κ3) is 4.24. The van der Waals surface area contributed by atoms with Crippen molar-refractivity contribution in [2.75, 3.05) is 12.4 Å². The highest BCUT2D eigenvalue weighted by molar-refractivity contribution is 7.15. The highest BCUT2D eigenvalue weighted by Crippen LogP contribution is 2.30. The number of urea groups is 1. The van der Waals surface area contributed by atoms with Crippen LogP contribution in [0.1, 0.15) is 35.4 Å². The molecule has 4 amide bonds. The van der Waals surface area contributed by atoms with E-state index in [0.29, 0.717) is 10.9 Å². The highest BCUT2D eigenvalue weighted by Gasteiger charge is 2.37. The smallest absolute Gasteiger partial charge is 0.325 e. The molecule has 29 heavy (non-hydrogen) atoms. The maximum Gasteiger partial charge on any atom is 0.325 e. The van der Waals surface area contributed by atoms with Crippen LogP contribution in [0.2, 0.25) is 0 Å². The number of aromatic nitrogens is 1. The summed E-state index contributed by atoms with van der Waals surface area (Å²) < 4.78 is 5.11. The number of carbonyl (C=O) groups excluding carboxylic acids is 3. The second-order valence-corrected chi connectivity index (χ2v) is 8.19. The standard InChI is InChI=1S/C20H22N4O4S/c1-28-13-7-5-12(6-8-13)11-24-18(26)15(22-20(24)27)9-10-17(25)23-19-21-14-3-2-4-16(14)29-19/h5-8,15H,2-4,9-11H2,1H3,(H,22,27)(H,21,23,25)/t15-/m0/s1. The molecule has 9 heteroatoms. The molecular weight excluding hydrogens is 392 g/mol. The number of carbonyl (C=O) groups is 3. The number of thiazole rings is 1. The minimum Gasteiger partial charge on any atom is -0.497 e. The van der Waals surface area contributed by atoms with Crippen molar-refractivity contribution in [1.29, 1.82) is 0 Å². The van der Waals surface area contributed by atoms with Crippen molar-refractivity contribution in [2.24, 2.45) is 0 Å². The molecule has 1 atom stereocenters. The summed E-state index contributed by atoms with van der Waals surface area (Å²) in [5.41, 5.74) is 1.90. The van der Waals surface area contributed by atoms with Gasteiger partial charge in [0.15, 0.2) is 5.13 Å². The molecular formula is C20H22N4O4S. The third-order valence-electron chi connectivity index (χ3n) is 5.11. The lowest BCUT2D eigenvalue weighted by atomic mass is 10.1. The lowest BCUT2D eigenvalue weighted by Gasteiger charge is -2.13. The zero-order valence-corrected chi connectivity index (χ0v) is 16.9. The number of imide groups is 1. The normalized spacial score (nSPS) is 18.0. The number of rotatable bonds is 7. The van der Waals surface area contributed by atoms with Crippen LogP contribution < -0.4 is 15.4 Å². The van der Waals surface area contributed by atoms with E-state index in [-0.39, 0.29) is 31.2 Å². The van der Waals surface area contributed by atoms with E-state index in [9.17, 15) is 14.4 Å². The molecule has 1 saturated heterocycles. The van der Waals surface area contributed by atoms with E-state index < -0.39 is 12.1 Å². The molecule has 8 nitrogen and oxygen atoms in total. The van der Waals surface area contributed by atoms with Gasteiger partial charge in [-0.25, -0.2) is 9.78 Å². The highest BCUT2D eigenvalue weighted by atomic mass is 32.1.